The molecule has 1 aromatic carbocycles. The van der Waals surface area contributed by atoms with Crippen molar-refractivity contribution in [2.24, 2.45) is 10.9 Å². The van der Waals surface area contributed by atoms with Gasteiger partial charge in [0.25, 0.3) is 0 Å². The molecule has 0 spiro atoms. The lowest BCUT2D eigenvalue weighted by Gasteiger charge is -2.33. The molecule has 1 fully saturated rings. The third kappa shape index (κ3) is 4.97. The van der Waals surface area contributed by atoms with E-state index in [0.29, 0.717) is 12.5 Å². The fourth-order valence-corrected chi connectivity index (χ4v) is 2.91. The molecule has 2 rings (SSSR count). The van der Waals surface area contributed by atoms with Crippen molar-refractivity contribution in [1.82, 2.24) is 10.2 Å². The van der Waals surface area contributed by atoms with Crippen LogP contribution in [-0.4, -0.2) is 44.7 Å². The SMILES string of the molecule is CN=C(NCc1ccc(OC)c(OC(F)F)c1)N1CCCC(C)C1. The summed E-state index contributed by atoms with van der Waals surface area (Å²) in [7, 11) is 3.17. The molecule has 0 amide bonds. The molecule has 24 heavy (non-hydrogen) atoms. The van der Waals surface area contributed by atoms with E-state index in [4.69, 9.17) is 4.74 Å². The zero-order valence-corrected chi connectivity index (χ0v) is 14.4. The van der Waals surface area contributed by atoms with E-state index in [1.54, 1.807) is 19.2 Å². The van der Waals surface area contributed by atoms with Gasteiger partial charge in [0.1, 0.15) is 0 Å². The Morgan fingerprint density at radius 1 is 1.42 bits per heavy atom. The van der Waals surface area contributed by atoms with Crippen molar-refractivity contribution < 1.29 is 18.3 Å². The van der Waals surface area contributed by atoms with Gasteiger partial charge in [-0.05, 0) is 36.5 Å². The number of methoxy groups -OCH3 is 1. The highest BCUT2D eigenvalue weighted by Gasteiger charge is 2.19. The number of piperidine rings is 1. The second-order valence-electron chi connectivity index (χ2n) is 5.96. The van der Waals surface area contributed by atoms with Gasteiger partial charge in [0.15, 0.2) is 17.5 Å². The average molecular weight is 341 g/mol. The number of alkyl halides is 2. The first kappa shape index (κ1) is 18.3. The number of aliphatic imine (C=N–C) groups is 1. The van der Waals surface area contributed by atoms with Crippen LogP contribution in [0.5, 0.6) is 11.5 Å². The van der Waals surface area contributed by atoms with Crippen molar-refractivity contribution in [2.45, 2.75) is 32.9 Å². The number of likely N-dealkylation sites (tertiary alicyclic amines) is 1. The summed E-state index contributed by atoms with van der Waals surface area (Å²) < 4.78 is 34.6. The quantitative estimate of drug-likeness (QED) is 0.660. The molecule has 0 aromatic heterocycles. The van der Waals surface area contributed by atoms with Crippen LogP contribution in [0.1, 0.15) is 25.3 Å². The lowest BCUT2D eigenvalue weighted by molar-refractivity contribution is -0.0512. The number of hydrogen-bond donors (Lipinski definition) is 1. The number of ether oxygens (including phenoxy) is 2. The van der Waals surface area contributed by atoms with Crippen molar-refractivity contribution >= 4 is 5.96 Å². The first-order valence-electron chi connectivity index (χ1n) is 8.10. The van der Waals surface area contributed by atoms with Crippen LogP contribution >= 0.6 is 0 Å². The highest BCUT2D eigenvalue weighted by atomic mass is 19.3. The monoisotopic (exact) mass is 341 g/mol. The number of nitrogens with zero attached hydrogens (tertiary/aromatic N) is 2. The normalized spacial score (nSPS) is 18.7. The summed E-state index contributed by atoms with van der Waals surface area (Å²) in [6.07, 6.45) is 2.39. The van der Waals surface area contributed by atoms with E-state index in [-0.39, 0.29) is 11.5 Å². The van der Waals surface area contributed by atoms with E-state index in [1.165, 1.54) is 13.5 Å². The van der Waals surface area contributed by atoms with Crippen LogP contribution in [-0.2, 0) is 6.54 Å². The molecule has 7 heteroatoms. The minimum atomic E-state index is -2.88. The van der Waals surface area contributed by atoms with E-state index in [1.807, 2.05) is 6.07 Å². The molecule has 0 saturated carbocycles. The van der Waals surface area contributed by atoms with Crippen LogP contribution in [0.4, 0.5) is 8.78 Å². The van der Waals surface area contributed by atoms with Crippen molar-refractivity contribution in [1.29, 1.82) is 0 Å². The fraction of sp³-hybridized carbons (Fsp3) is 0.588. The number of rotatable bonds is 5. The Hall–Kier alpha value is -2.05. The summed E-state index contributed by atoms with van der Waals surface area (Å²) >= 11 is 0. The lowest BCUT2D eigenvalue weighted by Crippen LogP contribution is -2.45. The largest absolute Gasteiger partial charge is 0.493 e. The van der Waals surface area contributed by atoms with Gasteiger partial charge in [-0.1, -0.05) is 13.0 Å². The van der Waals surface area contributed by atoms with E-state index in [0.717, 1.165) is 31.0 Å². The standard InChI is InChI=1S/C17H25F2N3O2/c1-12-5-4-8-22(11-12)17(20-2)21-10-13-6-7-14(23-3)15(9-13)24-16(18)19/h6-7,9,12,16H,4-5,8,10-11H2,1-3H3,(H,20,21). The summed E-state index contributed by atoms with van der Waals surface area (Å²) in [6.45, 7) is 1.77. The number of nitrogens with one attached hydrogen (secondary N) is 1. The molecule has 1 unspecified atom stereocenters. The summed E-state index contributed by atoms with van der Waals surface area (Å²) in [5.41, 5.74) is 0.817. The molecule has 134 valence electrons. The van der Waals surface area contributed by atoms with Crippen LogP contribution in [0.25, 0.3) is 0 Å². The summed E-state index contributed by atoms with van der Waals surface area (Å²) in [4.78, 5) is 6.55. The number of guanidine groups is 1. The molecule has 1 aliphatic heterocycles. The van der Waals surface area contributed by atoms with Crippen molar-refractivity contribution in [2.75, 3.05) is 27.2 Å². The second-order valence-corrected chi connectivity index (χ2v) is 5.96. The van der Waals surface area contributed by atoms with Gasteiger partial charge in [-0.25, -0.2) is 0 Å². The van der Waals surface area contributed by atoms with Gasteiger partial charge < -0.3 is 19.7 Å². The van der Waals surface area contributed by atoms with Gasteiger partial charge in [-0.3, -0.25) is 4.99 Å². The first-order chi connectivity index (χ1) is 11.5. The lowest BCUT2D eigenvalue weighted by atomic mass is 10.0. The maximum absolute atomic E-state index is 12.5. The van der Waals surface area contributed by atoms with E-state index >= 15 is 0 Å². The van der Waals surface area contributed by atoms with Gasteiger partial charge in [-0.2, -0.15) is 8.78 Å². The summed E-state index contributed by atoms with van der Waals surface area (Å²) in [5.74, 6) is 1.79. The predicted octanol–water partition coefficient (Wildman–Crippen LogP) is 3.10. The second kappa shape index (κ2) is 8.70. The molecule has 5 nitrogen and oxygen atoms in total. The van der Waals surface area contributed by atoms with Crippen molar-refractivity contribution in [3.63, 3.8) is 0 Å². The number of halogens is 2. The fourth-order valence-electron chi connectivity index (χ4n) is 2.91. The van der Waals surface area contributed by atoms with Crippen LogP contribution in [0.15, 0.2) is 23.2 Å². The Bertz CT molecular complexity index is 567. The Kier molecular flexibility index (Phi) is 6.63. The Labute approximate surface area is 141 Å². The Morgan fingerprint density at radius 2 is 2.21 bits per heavy atom. The molecular weight excluding hydrogens is 316 g/mol. The predicted molar refractivity (Wildman–Crippen MR) is 89.8 cm³/mol. The minimum Gasteiger partial charge on any atom is -0.493 e. The van der Waals surface area contributed by atoms with Crippen molar-refractivity contribution in [3.05, 3.63) is 23.8 Å². The Morgan fingerprint density at radius 3 is 2.83 bits per heavy atom. The topological polar surface area (TPSA) is 46.1 Å². The average Bonchev–Trinajstić information content (AvgIpc) is 2.55. The summed E-state index contributed by atoms with van der Waals surface area (Å²) in [6, 6.07) is 5.00. The molecular formula is C17H25F2N3O2. The minimum absolute atomic E-state index is 0.0355. The number of hydrogen-bond acceptors (Lipinski definition) is 3. The molecule has 0 radical (unpaired) electrons. The van der Waals surface area contributed by atoms with E-state index < -0.39 is 6.61 Å². The highest BCUT2D eigenvalue weighted by molar-refractivity contribution is 5.80. The zero-order chi connectivity index (χ0) is 17.5. The zero-order valence-electron chi connectivity index (χ0n) is 14.4. The maximum Gasteiger partial charge on any atom is 0.387 e. The van der Waals surface area contributed by atoms with Gasteiger partial charge in [-0.15, -0.1) is 0 Å². The van der Waals surface area contributed by atoms with Crippen LogP contribution in [0.2, 0.25) is 0 Å². The third-order valence-electron chi connectivity index (χ3n) is 4.06. The van der Waals surface area contributed by atoms with Crippen LogP contribution in [0.3, 0.4) is 0 Å². The van der Waals surface area contributed by atoms with E-state index in [2.05, 4.69) is 26.9 Å². The van der Waals surface area contributed by atoms with Gasteiger partial charge >= 0.3 is 6.61 Å². The van der Waals surface area contributed by atoms with E-state index in [9.17, 15) is 8.78 Å². The molecule has 1 atom stereocenters. The molecule has 1 saturated heterocycles. The molecule has 1 aliphatic rings. The molecule has 1 N–H and O–H groups in total. The van der Waals surface area contributed by atoms with Gasteiger partial charge in [0.2, 0.25) is 0 Å². The summed E-state index contributed by atoms with van der Waals surface area (Å²) in [5, 5.41) is 3.29. The molecule has 1 heterocycles. The van der Waals surface area contributed by atoms with Crippen molar-refractivity contribution in [3.8, 4) is 11.5 Å². The van der Waals surface area contributed by atoms with Gasteiger partial charge in [0.05, 0.1) is 7.11 Å². The van der Waals surface area contributed by atoms with Gasteiger partial charge in [0, 0.05) is 26.7 Å². The van der Waals surface area contributed by atoms with Crippen LogP contribution < -0.4 is 14.8 Å². The number of benzene rings is 1. The van der Waals surface area contributed by atoms with Crippen LogP contribution in [0, 0.1) is 5.92 Å². The smallest absolute Gasteiger partial charge is 0.387 e. The molecule has 0 bridgehead atoms. The third-order valence-corrected chi connectivity index (χ3v) is 4.06. The highest BCUT2D eigenvalue weighted by Crippen LogP contribution is 2.29. The maximum atomic E-state index is 12.5. The molecule has 0 aliphatic carbocycles. The Balaban J connectivity index is 2.02. The molecule has 1 aromatic rings. The first-order valence-corrected chi connectivity index (χ1v) is 8.10.